The van der Waals surface area contributed by atoms with Crippen LogP contribution in [0.1, 0.15) is 17.7 Å². The minimum absolute atomic E-state index is 0.197. The number of hydrogen-bond acceptors (Lipinski definition) is 5. The van der Waals surface area contributed by atoms with E-state index in [0.717, 1.165) is 11.3 Å². The van der Waals surface area contributed by atoms with E-state index in [1.54, 1.807) is 16.2 Å². The van der Waals surface area contributed by atoms with Crippen LogP contribution in [0.3, 0.4) is 0 Å². The molecule has 1 aromatic heterocycles. The number of amides is 1. The van der Waals surface area contributed by atoms with Crippen molar-refractivity contribution in [1.29, 1.82) is 0 Å². The summed E-state index contributed by atoms with van der Waals surface area (Å²) in [5.41, 5.74) is 0. The molecule has 5 nitrogen and oxygen atoms in total. The van der Waals surface area contributed by atoms with Crippen LogP contribution in [-0.4, -0.2) is 54.8 Å². The number of aliphatic hydroxyl groups is 1. The second kappa shape index (κ2) is 7.73. The molecule has 0 saturated carbocycles. The highest BCUT2D eigenvalue weighted by Crippen LogP contribution is 2.10. The molecule has 0 aliphatic carbocycles. The lowest BCUT2D eigenvalue weighted by Gasteiger charge is -2.30. The summed E-state index contributed by atoms with van der Waals surface area (Å²) in [5.74, 6) is 0.197. The number of rotatable bonds is 7. The standard InChI is InChI=1S/C14H22N2O3S/c1-16-8-11(4-5-14(16)18)15-7-12(17)9-19-10-13-3-2-6-20-13/h2-3,6,11-12,15,17H,4-5,7-10H2,1H3. The van der Waals surface area contributed by atoms with Crippen LogP contribution in [0.25, 0.3) is 0 Å². The minimum atomic E-state index is -0.516. The lowest BCUT2D eigenvalue weighted by molar-refractivity contribution is -0.132. The smallest absolute Gasteiger partial charge is 0.222 e. The molecule has 1 amide bonds. The van der Waals surface area contributed by atoms with E-state index in [9.17, 15) is 9.90 Å². The van der Waals surface area contributed by atoms with E-state index >= 15 is 0 Å². The zero-order chi connectivity index (χ0) is 14.4. The summed E-state index contributed by atoms with van der Waals surface area (Å²) in [4.78, 5) is 14.3. The van der Waals surface area contributed by atoms with Crippen molar-refractivity contribution in [2.45, 2.75) is 31.6 Å². The predicted molar refractivity (Wildman–Crippen MR) is 78.6 cm³/mol. The predicted octanol–water partition coefficient (Wildman–Crippen LogP) is 0.836. The van der Waals surface area contributed by atoms with Crippen molar-refractivity contribution >= 4 is 17.2 Å². The van der Waals surface area contributed by atoms with Crippen LogP contribution in [-0.2, 0) is 16.1 Å². The van der Waals surface area contributed by atoms with Crippen molar-refractivity contribution in [3.05, 3.63) is 22.4 Å². The van der Waals surface area contributed by atoms with E-state index in [-0.39, 0.29) is 11.9 Å². The van der Waals surface area contributed by atoms with E-state index in [1.807, 2.05) is 24.6 Å². The van der Waals surface area contributed by atoms with Gasteiger partial charge in [0.25, 0.3) is 0 Å². The second-order valence-electron chi connectivity index (χ2n) is 5.17. The van der Waals surface area contributed by atoms with Crippen molar-refractivity contribution in [1.82, 2.24) is 10.2 Å². The summed E-state index contributed by atoms with van der Waals surface area (Å²) in [6.07, 6.45) is 0.906. The van der Waals surface area contributed by atoms with Gasteiger partial charge in [0.2, 0.25) is 5.91 Å². The van der Waals surface area contributed by atoms with E-state index in [2.05, 4.69) is 5.32 Å². The SMILES string of the molecule is CN1CC(NCC(O)COCc2cccs2)CCC1=O. The van der Waals surface area contributed by atoms with Gasteiger partial charge in [0.05, 0.1) is 19.3 Å². The Balaban J connectivity index is 1.58. The Labute approximate surface area is 123 Å². The normalized spacial score (nSPS) is 21.2. The summed E-state index contributed by atoms with van der Waals surface area (Å²) < 4.78 is 5.47. The molecule has 2 unspecified atom stereocenters. The van der Waals surface area contributed by atoms with Crippen molar-refractivity contribution in [2.75, 3.05) is 26.7 Å². The molecule has 1 aromatic rings. The fourth-order valence-corrected chi connectivity index (χ4v) is 2.87. The number of piperidine rings is 1. The Bertz CT molecular complexity index is 411. The quantitative estimate of drug-likeness (QED) is 0.783. The summed E-state index contributed by atoms with van der Waals surface area (Å²) >= 11 is 1.65. The Morgan fingerprint density at radius 3 is 3.20 bits per heavy atom. The van der Waals surface area contributed by atoms with Gasteiger partial charge >= 0.3 is 0 Å². The fraction of sp³-hybridized carbons (Fsp3) is 0.643. The number of likely N-dealkylation sites (N-methyl/N-ethyl adjacent to an activating group) is 1. The maximum Gasteiger partial charge on any atom is 0.222 e. The summed E-state index contributed by atoms with van der Waals surface area (Å²) in [6.45, 7) is 2.08. The van der Waals surface area contributed by atoms with Gasteiger partial charge in [-0.2, -0.15) is 0 Å². The van der Waals surface area contributed by atoms with Crippen molar-refractivity contribution < 1.29 is 14.6 Å². The van der Waals surface area contributed by atoms with Crippen LogP contribution in [0.2, 0.25) is 0 Å². The third kappa shape index (κ3) is 4.86. The van der Waals surface area contributed by atoms with Crippen molar-refractivity contribution in [2.24, 2.45) is 0 Å². The second-order valence-corrected chi connectivity index (χ2v) is 6.20. The number of thiophene rings is 1. The molecule has 2 heterocycles. The largest absolute Gasteiger partial charge is 0.389 e. The van der Waals surface area contributed by atoms with Gasteiger partial charge in [-0.25, -0.2) is 0 Å². The maximum absolute atomic E-state index is 11.4. The fourth-order valence-electron chi connectivity index (χ4n) is 2.23. The number of ether oxygens (including phenoxy) is 1. The van der Waals surface area contributed by atoms with E-state index in [4.69, 9.17) is 4.74 Å². The van der Waals surface area contributed by atoms with Crippen LogP contribution in [0, 0.1) is 0 Å². The molecule has 2 atom stereocenters. The highest BCUT2D eigenvalue weighted by Gasteiger charge is 2.22. The number of nitrogens with zero attached hydrogens (tertiary/aromatic N) is 1. The molecular formula is C14H22N2O3S. The number of hydrogen-bond donors (Lipinski definition) is 2. The Hall–Kier alpha value is -0.950. The number of carbonyl (C=O) groups excluding carboxylic acids is 1. The molecule has 2 rings (SSSR count). The molecule has 1 aliphatic rings. The van der Waals surface area contributed by atoms with Crippen molar-refractivity contribution in [3.63, 3.8) is 0 Å². The van der Waals surface area contributed by atoms with E-state index in [1.165, 1.54) is 0 Å². The molecular weight excluding hydrogens is 276 g/mol. The third-order valence-electron chi connectivity index (χ3n) is 3.40. The molecule has 1 aliphatic heterocycles. The first kappa shape index (κ1) is 15.4. The van der Waals surface area contributed by atoms with Crippen LogP contribution in [0.5, 0.6) is 0 Å². The Morgan fingerprint density at radius 2 is 2.50 bits per heavy atom. The molecule has 1 fully saturated rings. The Morgan fingerprint density at radius 1 is 1.65 bits per heavy atom. The summed E-state index contributed by atoms with van der Waals surface area (Å²) in [7, 11) is 1.82. The zero-order valence-electron chi connectivity index (χ0n) is 11.7. The van der Waals surface area contributed by atoms with Gasteiger partial charge in [-0.05, 0) is 17.9 Å². The monoisotopic (exact) mass is 298 g/mol. The molecule has 112 valence electrons. The molecule has 0 bridgehead atoms. The summed E-state index contributed by atoms with van der Waals surface area (Å²) in [5, 5.41) is 15.2. The first-order valence-electron chi connectivity index (χ1n) is 6.90. The van der Waals surface area contributed by atoms with Crippen LogP contribution in [0.15, 0.2) is 17.5 Å². The molecule has 1 saturated heterocycles. The molecule has 6 heteroatoms. The van der Waals surface area contributed by atoms with Gasteiger partial charge in [-0.3, -0.25) is 4.79 Å². The van der Waals surface area contributed by atoms with Gasteiger partial charge in [-0.1, -0.05) is 6.07 Å². The first-order chi connectivity index (χ1) is 9.65. The molecule has 0 spiro atoms. The van der Waals surface area contributed by atoms with Crippen LogP contribution in [0.4, 0.5) is 0 Å². The van der Waals surface area contributed by atoms with Crippen molar-refractivity contribution in [3.8, 4) is 0 Å². The topological polar surface area (TPSA) is 61.8 Å². The highest BCUT2D eigenvalue weighted by atomic mass is 32.1. The van der Waals surface area contributed by atoms with Crippen LogP contribution < -0.4 is 5.32 Å². The highest BCUT2D eigenvalue weighted by molar-refractivity contribution is 7.09. The molecule has 0 radical (unpaired) electrons. The minimum Gasteiger partial charge on any atom is -0.389 e. The average molecular weight is 298 g/mol. The van der Waals surface area contributed by atoms with Gasteiger partial charge in [-0.15, -0.1) is 11.3 Å². The molecule has 2 N–H and O–H groups in total. The number of nitrogens with one attached hydrogen (secondary N) is 1. The average Bonchev–Trinajstić information content (AvgIpc) is 2.93. The lowest BCUT2D eigenvalue weighted by atomic mass is 10.1. The number of likely N-dealkylation sites (tertiary alicyclic amines) is 1. The zero-order valence-corrected chi connectivity index (χ0v) is 12.6. The van der Waals surface area contributed by atoms with Gasteiger partial charge < -0.3 is 20.1 Å². The lowest BCUT2D eigenvalue weighted by Crippen LogP contribution is -2.48. The summed E-state index contributed by atoms with van der Waals surface area (Å²) in [6, 6.07) is 4.27. The van der Waals surface area contributed by atoms with E-state index < -0.39 is 6.10 Å². The first-order valence-corrected chi connectivity index (χ1v) is 7.78. The van der Waals surface area contributed by atoms with E-state index in [0.29, 0.717) is 32.7 Å². The third-order valence-corrected chi connectivity index (χ3v) is 4.25. The van der Waals surface area contributed by atoms with Gasteiger partial charge in [0.1, 0.15) is 0 Å². The van der Waals surface area contributed by atoms with Gasteiger partial charge in [0, 0.05) is 37.5 Å². The number of carbonyl (C=O) groups is 1. The molecule has 0 aromatic carbocycles. The van der Waals surface area contributed by atoms with Gasteiger partial charge in [0.15, 0.2) is 0 Å². The number of aliphatic hydroxyl groups excluding tert-OH is 1. The maximum atomic E-state index is 11.4. The Kier molecular flexibility index (Phi) is 5.97. The van der Waals surface area contributed by atoms with Crippen LogP contribution >= 0.6 is 11.3 Å². The molecule has 20 heavy (non-hydrogen) atoms.